The number of nitrogens with zero attached hydrogens (tertiary/aromatic N) is 4. The highest BCUT2D eigenvalue weighted by molar-refractivity contribution is 7.80. The zero-order valence-electron chi connectivity index (χ0n) is 10.1. The minimum atomic E-state index is 0.000404. The third-order valence-electron chi connectivity index (χ3n) is 3.02. The molecule has 0 N–H and O–H groups in total. The molecule has 0 radical (unpaired) electrons. The van der Waals surface area contributed by atoms with Gasteiger partial charge in [-0.1, -0.05) is 5.10 Å². The summed E-state index contributed by atoms with van der Waals surface area (Å²) in [5.74, 6) is 1.28. The molecule has 2 aromatic rings. The van der Waals surface area contributed by atoms with Crippen molar-refractivity contribution in [2.45, 2.75) is 6.42 Å². The fourth-order valence-corrected chi connectivity index (χ4v) is 2.26. The highest BCUT2D eigenvalue weighted by Crippen LogP contribution is 2.27. The second-order valence-corrected chi connectivity index (χ2v) is 4.75. The first-order valence-electron chi connectivity index (χ1n) is 5.93. The van der Waals surface area contributed by atoms with Gasteiger partial charge in [-0.3, -0.25) is 14.7 Å². The number of anilines is 1. The van der Waals surface area contributed by atoms with Crippen LogP contribution >= 0.6 is 12.6 Å². The molecular formula is C12H12N4O2S. The van der Waals surface area contributed by atoms with Crippen LogP contribution in [0.4, 0.5) is 6.01 Å². The van der Waals surface area contributed by atoms with Crippen LogP contribution in [-0.4, -0.2) is 33.4 Å². The fraction of sp³-hybridized carbons (Fsp3) is 0.333. The predicted molar refractivity (Wildman–Crippen MR) is 71.8 cm³/mol. The van der Waals surface area contributed by atoms with Crippen LogP contribution in [0.25, 0.3) is 11.5 Å². The average molecular weight is 276 g/mol. The molecule has 1 amide bonds. The van der Waals surface area contributed by atoms with E-state index in [1.807, 2.05) is 6.07 Å². The van der Waals surface area contributed by atoms with Gasteiger partial charge in [-0.2, -0.15) is 12.6 Å². The molecule has 3 heterocycles. The summed E-state index contributed by atoms with van der Waals surface area (Å²) in [7, 11) is 0. The summed E-state index contributed by atoms with van der Waals surface area (Å²) in [6.45, 7) is 0.580. The molecule has 19 heavy (non-hydrogen) atoms. The SMILES string of the molecule is O=C1CC(CS)CN1c1nnc(-c2cccnc2)o1. The van der Waals surface area contributed by atoms with Crippen molar-refractivity contribution in [1.82, 2.24) is 15.2 Å². The van der Waals surface area contributed by atoms with Crippen LogP contribution in [-0.2, 0) is 4.79 Å². The van der Waals surface area contributed by atoms with Gasteiger partial charge in [0.05, 0.1) is 5.56 Å². The molecule has 3 rings (SSSR count). The molecular weight excluding hydrogens is 264 g/mol. The lowest BCUT2D eigenvalue weighted by Crippen LogP contribution is -2.24. The Morgan fingerprint density at radius 1 is 1.47 bits per heavy atom. The normalized spacial score (nSPS) is 19.1. The summed E-state index contributed by atoms with van der Waals surface area (Å²) in [5.41, 5.74) is 0.735. The Morgan fingerprint density at radius 2 is 2.37 bits per heavy atom. The van der Waals surface area contributed by atoms with E-state index >= 15 is 0 Å². The second-order valence-electron chi connectivity index (χ2n) is 4.39. The first-order valence-corrected chi connectivity index (χ1v) is 6.56. The number of carbonyl (C=O) groups is 1. The minimum Gasteiger partial charge on any atom is -0.403 e. The van der Waals surface area contributed by atoms with Crippen molar-refractivity contribution in [3.63, 3.8) is 0 Å². The highest BCUT2D eigenvalue weighted by atomic mass is 32.1. The van der Waals surface area contributed by atoms with E-state index in [0.29, 0.717) is 24.6 Å². The molecule has 0 spiro atoms. The summed E-state index contributed by atoms with van der Waals surface area (Å²) in [6.07, 6.45) is 3.79. The molecule has 0 bridgehead atoms. The minimum absolute atomic E-state index is 0.000404. The molecule has 1 fully saturated rings. The number of amides is 1. The fourth-order valence-electron chi connectivity index (χ4n) is 2.02. The summed E-state index contributed by atoms with van der Waals surface area (Å²) in [6, 6.07) is 3.86. The number of aromatic nitrogens is 3. The molecule has 0 saturated carbocycles. The molecule has 6 nitrogen and oxygen atoms in total. The topological polar surface area (TPSA) is 72.1 Å². The third-order valence-corrected chi connectivity index (χ3v) is 3.53. The maximum absolute atomic E-state index is 11.8. The quantitative estimate of drug-likeness (QED) is 0.858. The van der Waals surface area contributed by atoms with E-state index in [1.54, 1.807) is 18.5 Å². The van der Waals surface area contributed by atoms with Gasteiger partial charge in [-0.15, -0.1) is 5.10 Å². The van der Waals surface area contributed by atoms with Gasteiger partial charge in [0.2, 0.25) is 5.91 Å². The predicted octanol–water partition coefficient (Wildman–Crippen LogP) is 1.41. The molecule has 1 saturated heterocycles. The van der Waals surface area contributed by atoms with Crippen LogP contribution < -0.4 is 4.90 Å². The first kappa shape index (κ1) is 12.2. The summed E-state index contributed by atoms with van der Waals surface area (Å²) >= 11 is 4.22. The summed E-state index contributed by atoms with van der Waals surface area (Å²) < 4.78 is 5.53. The summed E-state index contributed by atoms with van der Waals surface area (Å²) in [4.78, 5) is 17.4. The van der Waals surface area contributed by atoms with Crippen LogP contribution in [0.5, 0.6) is 0 Å². The van der Waals surface area contributed by atoms with E-state index in [9.17, 15) is 4.79 Å². The zero-order chi connectivity index (χ0) is 13.2. The van der Waals surface area contributed by atoms with E-state index in [2.05, 4.69) is 27.8 Å². The first-order chi connectivity index (χ1) is 9.28. The van der Waals surface area contributed by atoms with Crippen LogP contribution in [0.1, 0.15) is 6.42 Å². The zero-order valence-corrected chi connectivity index (χ0v) is 11.0. The van der Waals surface area contributed by atoms with Crippen LogP contribution in [0.15, 0.2) is 28.9 Å². The smallest absolute Gasteiger partial charge is 0.325 e. The molecule has 2 aromatic heterocycles. The third kappa shape index (κ3) is 2.33. The Labute approximate surface area is 115 Å². The second kappa shape index (κ2) is 5.00. The number of rotatable bonds is 3. The lowest BCUT2D eigenvalue weighted by molar-refractivity contribution is -0.117. The van der Waals surface area contributed by atoms with Gasteiger partial charge in [0.1, 0.15) is 0 Å². The van der Waals surface area contributed by atoms with E-state index in [-0.39, 0.29) is 17.8 Å². The van der Waals surface area contributed by atoms with Gasteiger partial charge in [0, 0.05) is 25.4 Å². The van der Waals surface area contributed by atoms with Crippen LogP contribution in [0, 0.1) is 5.92 Å². The van der Waals surface area contributed by atoms with Crippen molar-refractivity contribution in [3.8, 4) is 11.5 Å². The van der Waals surface area contributed by atoms with Crippen molar-refractivity contribution in [2.75, 3.05) is 17.2 Å². The Morgan fingerprint density at radius 3 is 3.05 bits per heavy atom. The van der Waals surface area contributed by atoms with E-state index in [4.69, 9.17) is 4.42 Å². The van der Waals surface area contributed by atoms with Crippen molar-refractivity contribution < 1.29 is 9.21 Å². The molecule has 7 heteroatoms. The number of pyridine rings is 1. The molecule has 0 aromatic carbocycles. The van der Waals surface area contributed by atoms with Crippen molar-refractivity contribution in [1.29, 1.82) is 0 Å². The maximum Gasteiger partial charge on any atom is 0.325 e. The van der Waals surface area contributed by atoms with Crippen LogP contribution in [0.2, 0.25) is 0 Å². The van der Waals surface area contributed by atoms with Gasteiger partial charge < -0.3 is 4.42 Å². The van der Waals surface area contributed by atoms with E-state index in [1.165, 1.54) is 4.90 Å². The van der Waals surface area contributed by atoms with Gasteiger partial charge in [0.25, 0.3) is 5.89 Å². The standard InChI is InChI=1S/C12H12N4O2S/c17-10-4-8(7-19)6-16(10)12-15-14-11(18-12)9-2-1-3-13-5-9/h1-3,5,8,19H,4,6-7H2. The number of carbonyl (C=O) groups excluding carboxylic acids is 1. The number of thiol groups is 1. The Bertz CT molecular complexity index is 586. The van der Waals surface area contributed by atoms with Crippen LogP contribution in [0.3, 0.4) is 0 Å². The van der Waals surface area contributed by atoms with Gasteiger partial charge >= 0.3 is 6.01 Å². The lowest BCUT2D eigenvalue weighted by Gasteiger charge is -2.09. The summed E-state index contributed by atoms with van der Waals surface area (Å²) in [5, 5.41) is 7.88. The van der Waals surface area contributed by atoms with Crippen molar-refractivity contribution in [2.24, 2.45) is 5.92 Å². The average Bonchev–Trinajstić information content (AvgIpc) is 3.06. The Balaban J connectivity index is 1.84. The monoisotopic (exact) mass is 276 g/mol. The molecule has 1 unspecified atom stereocenters. The van der Waals surface area contributed by atoms with E-state index in [0.717, 1.165) is 5.56 Å². The molecule has 0 aliphatic carbocycles. The number of hydrogen-bond acceptors (Lipinski definition) is 6. The molecule has 1 aliphatic heterocycles. The van der Waals surface area contributed by atoms with E-state index < -0.39 is 0 Å². The maximum atomic E-state index is 11.8. The Hall–Kier alpha value is -1.89. The highest BCUT2D eigenvalue weighted by Gasteiger charge is 2.33. The largest absolute Gasteiger partial charge is 0.403 e. The van der Waals surface area contributed by atoms with Gasteiger partial charge in [-0.05, 0) is 23.8 Å². The van der Waals surface area contributed by atoms with Gasteiger partial charge in [-0.25, -0.2) is 0 Å². The van der Waals surface area contributed by atoms with Crippen molar-refractivity contribution in [3.05, 3.63) is 24.5 Å². The van der Waals surface area contributed by atoms with Gasteiger partial charge in [0.15, 0.2) is 0 Å². The van der Waals surface area contributed by atoms with Crippen molar-refractivity contribution >= 4 is 24.6 Å². The molecule has 1 aliphatic rings. The molecule has 1 atom stereocenters. The Kier molecular flexibility index (Phi) is 3.20. The lowest BCUT2D eigenvalue weighted by atomic mass is 10.1. The number of hydrogen-bond donors (Lipinski definition) is 1. The molecule has 98 valence electrons.